The van der Waals surface area contributed by atoms with Crippen LogP contribution in [0.2, 0.25) is 0 Å². The third-order valence-electron chi connectivity index (χ3n) is 5.71. The van der Waals surface area contributed by atoms with E-state index in [0.29, 0.717) is 5.57 Å². The van der Waals surface area contributed by atoms with Crippen molar-refractivity contribution in [1.29, 1.82) is 0 Å². The first kappa shape index (κ1) is 30.2. The van der Waals surface area contributed by atoms with Crippen molar-refractivity contribution < 1.29 is 25.2 Å². The van der Waals surface area contributed by atoms with Gasteiger partial charge in [-0.2, -0.15) is 6.08 Å². The zero-order valence-electron chi connectivity index (χ0n) is 22.4. The van der Waals surface area contributed by atoms with Gasteiger partial charge < -0.3 is 15.1 Å². The maximum atomic E-state index is 8.48. The first-order valence-electron chi connectivity index (χ1n) is 12.6. The second-order valence-electron chi connectivity index (χ2n) is 8.84. The molecule has 6 rings (SSSR count). The van der Waals surface area contributed by atoms with E-state index in [1.165, 1.54) is 27.6 Å². The van der Waals surface area contributed by atoms with Crippen molar-refractivity contribution in [1.82, 2.24) is 9.97 Å². The molecule has 0 radical (unpaired) electrons. The summed E-state index contributed by atoms with van der Waals surface area (Å²) in [6.07, 6.45) is 5.19. The molecule has 0 fully saturated rings. The molecular formula is C36H29IrN2O. The molecule has 6 aromatic rings. The smallest absolute Gasteiger partial charge is 0.531 e. The average Bonchev–Trinajstić information content (AvgIpc) is 2.97. The predicted octanol–water partition coefficient (Wildman–Crippen LogP) is 9.23. The monoisotopic (exact) mass is 698 g/mol. The molecule has 0 saturated heterocycles. The van der Waals surface area contributed by atoms with E-state index in [1.54, 1.807) is 13.8 Å². The van der Waals surface area contributed by atoms with E-state index in [-0.39, 0.29) is 25.9 Å². The van der Waals surface area contributed by atoms with Crippen molar-refractivity contribution in [3.63, 3.8) is 0 Å². The SMILES string of the molecule is [CH-]=C(C)/C=C(/C)O.[Ir+3].[c-]1ccccc1-c1nccc2ccccc12.[c-]1ccccc1-c1nccc2ccccc12. The fourth-order valence-electron chi connectivity index (χ4n) is 4.08. The number of allylic oxidation sites excluding steroid dienone is 3. The van der Waals surface area contributed by atoms with Crippen LogP contribution in [0.15, 0.2) is 139 Å². The molecule has 0 aliphatic rings. The van der Waals surface area contributed by atoms with Gasteiger partial charge in [-0.05, 0) is 52.0 Å². The Hall–Kier alpha value is -4.37. The molecular weight excluding hydrogens is 669 g/mol. The van der Waals surface area contributed by atoms with Crippen LogP contribution in [0.25, 0.3) is 44.1 Å². The summed E-state index contributed by atoms with van der Waals surface area (Å²) in [6, 6.07) is 42.9. The molecule has 0 aliphatic heterocycles. The molecule has 198 valence electrons. The second kappa shape index (κ2) is 15.3. The van der Waals surface area contributed by atoms with E-state index in [0.717, 1.165) is 22.5 Å². The number of aliphatic hydroxyl groups is 1. The minimum absolute atomic E-state index is 0. The normalized spacial score (nSPS) is 10.4. The van der Waals surface area contributed by atoms with E-state index in [4.69, 9.17) is 11.7 Å². The summed E-state index contributed by atoms with van der Waals surface area (Å²) >= 11 is 0. The standard InChI is InChI=1S/2C15H10N.C6H9O.Ir/c2*1-2-7-13(8-3-1)15-14-9-5-4-6-12(14)10-11-16-15;1-5(2)4-6(3)7;/h2*1-7,9-11H;1,4,7H,2-3H3;/q3*-1;+3/b;;6-4-;. The van der Waals surface area contributed by atoms with Gasteiger partial charge in [-0.25, -0.2) is 5.57 Å². The van der Waals surface area contributed by atoms with Crippen molar-refractivity contribution in [3.8, 4) is 22.5 Å². The summed E-state index contributed by atoms with van der Waals surface area (Å²) in [5, 5.41) is 13.3. The molecule has 0 amide bonds. The van der Waals surface area contributed by atoms with E-state index in [2.05, 4.69) is 46.4 Å². The number of nitrogens with zero attached hydrogens (tertiary/aromatic N) is 2. The molecule has 0 aliphatic carbocycles. The number of aromatic nitrogens is 2. The summed E-state index contributed by atoms with van der Waals surface area (Å²) in [4.78, 5) is 8.89. The van der Waals surface area contributed by atoms with Crippen LogP contribution < -0.4 is 0 Å². The first-order chi connectivity index (χ1) is 19.0. The van der Waals surface area contributed by atoms with Crippen molar-refractivity contribution in [2.75, 3.05) is 0 Å². The van der Waals surface area contributed by atoms with Crippen LogP contribution in [0.5, 0.6) is 0 Å². The van der Waals surface area contributed by atoms with Crippen LogP contribution in [0.4, 0.5) is 0 Å². The van der Waals surface area contributed by atoms with Crippen LogP contribution in [-0.2, 0) is 20.1 Å². The van der Waals surface area contributed by atoms with Crippen LogP contribution in [0.1, 0.15) is 13.8 Å². The van der Waals surface area contributed by atoms with Crippen molar-refractivity contribution in [2.24, 2.45) is 0 Å². The second-order valence-corrected chi connectivity index (χ2v) is 8.84. The molecule has 4 aromatic carbocycles. The van der Waals surface area contributed by atoms with Gasteiger partial charge >= 0.3 is 20.1 Å². The number of rotatable bonds is 3. The Bertz CT molecular complexity index is 1570. The number of pyridine rings is 2. The van der Waals surface area contributed by atoms with Crippen molar-refractivity contribution >= 4 is 21.5 Å². The van der Waals surface area contributed by atoms with Gasteiger partial charge in [0.05, 0.1) is 0 Å². The molecule has 3 nitrogen and oxygen atoms in total. The Balaban J connectivity index is 0.000000177. The molecule has 0 saturated carbocycles. The fraction of sp³-hybridized carbons (Fsp3) is 0.0556. The van der Waals surface area contributed by atoms with E-state index in [9.17, 15) is 0 Å². The minimum atomic E-state index is 0. The Kier molecular flexibility index (Phi) is 11.5. The molecule has 1 N–H and O–H groups in total. The summed E-state index contributed by atoms with van der Waals surface area (Å²) in [5.41, 5.74) is 4.70. The molecule has 0 unspecified atom stereocenters. The fourth-order valence-corrected chi connectivity index (χ4v) is 4.08. The van der Waals surface area contributed by atoms with E-state index >= 15 is 0 Å². The largest absolute Gasteiger partial charge is 3.00 e. The third-order valence-corrected chi connectivity index (χ3v) is 5.71. The zero-order valence-corrected chi connectivity index (χ0v) is 24.8. The van der Waals surface area contributed by atoms with Crippen molar-refractivity contribution in [2.45, 2.75) is 13.8 Å². The number of hydrogen-bond acceptors (Lipinski definition) is 3. The minimum Gasteiger partial charge on any atom is -0.531 e. The maximum Gasteiger partial charge on any atom is 3.00 e. The topological polar surface area (TPSA) is 46.0 Å². The summed E-state index contributed by atoms with van der Waals surface area (Å²) < 4.78 is 0. The van der Waals surface area contributed by atoms with Crippen LogP contribution in [0.3, 0.4) is 0 Å². The molecule has 0 spiro atoms. The van der Waals surface area contributed by atoms with Crippen LogP contribution >= 0.6 is 0 Å². The van der Waals surface area contributed by atoms with E-state index in [1.807, 2.05) is 97.3 Å². The number of aliphatic hydroxyl groups excluding tert-OH is 1. The summed E-state index contributed by atoms with van der Waals surface area (Å²) in [7, 11) is 0. The molecule has 40 heavy (non-hydrogen) atoms. The Morgan fingerprint density at radius 1 is 0.650 bits per heavy atom. The van der Waals surface area contributed by atoms with Gasteiger partial charge in [0.2, 0.25) is 0 Å². The first-order valence-corrected chi connectivity index (χ1v) is 12.6. The predicted molar refractivity (Wildman–Crippen MR) is 162 cm³/mol. The molecule has 2 aromatic heterocycles. The Morgan fingerprint density at radius 3 is 1.43 bits per heavy atom. The van der Waals surface area contributed by atoms with Gasteiger partial charge in [0, 0.05) is 18.2 Å². The average molecular weight is 698 g/mol. The molecule has 0 bridgehead atoms. The Labute approximate surface area is 249 Å². The number of benzene rings is 4. The van der Waals surface area contributed by atoms with Gasteiger partial charge in [0.1, 0.15) is 0 Å². The van der Waals surface area contributed by atoms with Gasteiger partial charge in [0.25, 0.3) is 0 Å². The van der Waals surface area contributed by atoms with Gasteiger partial charge in [-0.1, -0.05) is 55.5 Å². The molecule has 0 atom stereocenters. The van der Waals surface area contributed by atoms with Crippen LogP contribution in [-0.4, -0.2) is 15.1 Å². The molecule has 4 heteroatoms. The van der Waals surface area contributed by atoms with Crippen LogP contribution in [0, 0.1) is 18.7 Å². The van der Waals surface area contributed by atoms with Gasteiger partial charge in [-0.15, -0.1) is 71.8 Å². The van der Waals surface area contributed by atoms with Crippen molar-refractivity contribution in [3.05, 3.63) is 158 Å². The number of hydrogen-bond donors (Lipinski definition) is 1. The quantitative estimate of drug-likeness (QED) is 0.114. The number of fused-ring (bicyclic) bond motifs is 2. The van der Waals surface area contributed by atoms with Gasteiger partial charge in [0.15, 0.2) is 0 Å². The zero-order chi connectivity index (χ0) is 27.5. The summed E-state index contributed by atoms with van der Waals surface area (Å²) in [6.45, 7) is 8.48. The summed E-state index contributed by atoms with van der Waals surface area (Å²) in [5.74, 6) is 0.250. The Morgan fingerprint density at radius 2 is 1.07 bits per heavy atom. The molecule has 2 heterocycles. The maximum absolute atomic E-state index is 8.48. The third kappa shape index (κ3) is 8.31. The van der Waals surface area contributed by atoms with Gasteiger partial charge in [-0.3, -0.25) is 6.58 Å². The van der Waals surface area contributed by atoms with E-state index < -0.39 is 0 Å².